The summed E-state index contributed by atoms with van der Waals surface area (Å²) in [7, 11) is 0. The number of aliphatic hydroxyl groups excluding tert-OH is 1. The van der Waals surface area contributed by atoms with Crippen LogP contribution in [-0.2, 0) is 11.2 Å². The molecule has 0 saturated carbocycles. The summed E-state index contributed by atoms with van der Waals surface area (Å²) in [6.45, 7) is -0.328. The topological polar surface area (TPSA) is 37.3 Å². The third-order valence-corrected chi connectivity index (χ3v) is 2.34. The Morgan fingerprint density at radius 2 is 2.45 bits per heavy atom. The molecule has 1 heterocycles. The summed E-state index contributed by atoms with van der Waals surface area (Å²) in [5.41, 5.74) is 0. The van der Waals surface area contributed by atoms with E-state index in [-0.39, 0.29) is 12.4 Å². The van der Waals surface area contributed by atoms with E-state index in [4.69, 9.17) is 5.11 Å². The van der Waals surface area contributed by atoms with Crippen LogP contribution in [0.2, 0.25) is 0 Å². The second-order valence-electron chi connectivity index (χ2n) is 2.28. The van der Waals surface area contributed by atoms with Gasteiger partial charge in [0.2, 0.25) is 0 Å². The molecule has 0 aliphatic heterocycles. The van der Waals surface area contributed by atoms with E-state index in [1.54, 1.807) is 11.3 Å². The molecule has 60 valence electrons. The zero-order valence-electron chi connectivity index (χ0n) is 6.12. The molecule has 0 aromatic carbocycles. The van der Waals surface area contributed by atoms with Crippen LogP contribution in [0.15, 0.2) is 17.5 Å². The third kappa shape index (κ3) is 2.82. The minimum atomic E-state index is -0.328. The number of aryl methyl sites for hydroxylation is 1. The second kappa shape index (κ2) is 4.26. The zero-order valence-corrected chi connectivity index (χ0v) is 6.93. The van der Waals surface area contributed by atoms with E-state index in [0.717, 1.165) is 6.42 Å². The molecule has 0 atom stereocenters. The minimum Gasteiger partial charge on any atom is -0.389 e. The Balaban J connectivity index is 2.29. The normalized spacial score (nSPS) is 9.91. The van der Waals surface area contributed by atoms with Gasteiger partial charge in [-0.25, -0.2) is 0 Å². The van der Waals surface area contributed by atoms with Crippen molar-refractivity contribution in [3.8, 4) is 0 Å². The first-order valence-electron chi connectivity index (χ1n) is 3.48. The number of thiophene rings is 1. The fourth-order valence-electron chi connectivity index (χ4n) is 0.797. The molecule has 0 bridgehead atoms. The minimum absolute atomic E-state index is 0.0848. The number of carbonyl (C=O) groups excluding carboxylic acids is 1. The summed E-state index contributed by atoms with van der Waals surface area (Å²) >= 11 is 1.64. The molecule has 0 unspecified atom stereocenters. The molecule has 3 heteroatoms. The van der Waals surface area contributed by atoms with Gasteiger partial charge in [-0.15, -0.1) is 11.3 Å². The van der Waals surface area contributed by atoms with Crippen molar-refractivity contribution in [2.24, 2.45) is 0 Å². The molecule has 0 aliphatic rings. The van der Waals surface area contributed by atoms with Gasteiger partial charge in [0, 0.05) is 11.3 Å². The highest BCUT2D eigenvalue weighted by Crippen LogP contribution is 2.10. The van der Waals surface area contributed by atoms with Crippen LogP contribution in [0.1, 0.15) is 11.3 Å². The average Bonchev–Trinajstić information content (AvgIpc) is 2.52. The lowest BCUT2D eigenvalue weighted by Gasteiger charge is -1.93. The van der Waals surface area contributed by atoms with Crippen LogP contribution in [0.4, 0.5) is 0 Å². The number of hydrogen-bond donors (Lipinski definition) is 1. The van der Waals surface area contributed by atoms with Crippen molar-refractivity contribution in [3.63, 3.8) is 0 Å². The average molecular weight is 170 g/mol. The van der Waals surface area contributed by atoms with Crippen LogP contribution in [-0.4, -0.2) is 17.5 Å². The van der Waals surface area contributed by atoms with Crippen molar-refractivity contribution in [1.82, 2.24) is 0 Å². The zero-order chi connectivity index (χ0) is 8.10. The molecule has 0 fully saturated rings. The van der Waals surface area contributed by atoms with Gasteiger partial charge in [0.25, 0.3) is 0 Å². The van der Waals surface area contributed by atoms with Crippen molar-refractivity contribution in [3.05, 3.63) is 22.4 Å². The van der Waals surface area contributed by atoms with Gasteiger partial charge < -0.3 is 5.11 Å². The molecule has 1 aromatic heterocycles. The maximum atomic E-state index is 10.7. The van der Waals surface area contributed by atoms with Crippen LogP contribution in [0.3, 0.4) is 0 Å². The van der Waals surface area contributed by atoms with Crippen molar-refractivity contribution in [2.45, 2.75) is 12.8 Å². The molecule has 11 heavy (non-hydrogen) atoms. The fourth-order valence-corrected chi connectivity index (χ4v) is 1.51. The Morgan fingerprint density at radius 3 is 3.00 bits per heavy atom. The Labute approximate surface area is 69.5 Å². The Hall–Kier alpha value is -0.670. The summed E-state index contributed by atoms with van der Waals surface area (Å²) in [5, 5.41) is 10.4. The van der Waals surface area contributed by atoms with Crippen molar-refractivity contribution < 1.29 is 9.90 Å². The van der Waals surface area contributed by atoms with Crippen LogP contribution < -0.4 is 0 Å². The van der Waals surface area contributed by atoms with Gasteiger partial charge >= 0.3 is 0 Å². The van der Waals surface area contributed by atoms with E-state index < -0.39 is 0 Å². The summed E-state index contributed by atoms with van der Waals surface area (Å²) in [4.78, 5) is 11.9. The quantitative estimate of drug-likeness (QED) is 0.738. The van der Waals surface area contributed by atoms with Gasteiger partial charge in [0.15, 0.2) is 5.78 Å². The third-order valence-electron chi connectivity index (χ3n) is 1.41. The predicted octanol–water partition coefficient (Wildman–Crippen LogP) is 1.24. The summed E-state index contributed by atoms with van der Waals surface area (Å²) in [6, 6.07) is 3.96. The largest absolute Gasteiger partial charge is 0.389 e. The van der Waals surface area contributed by atoms with E-state index >= 15 is 0 Å². The molecule has 0 saturated heterocycles. The van der Waals surface area contributed by atoms with E-state index in [1.165, 1.54) is 4.88 Å². The van der Waals surface area contributed by atoms with Crippen LogP contribution >= 0.6 is 11.3 Å². The summed E-state index contributed by atoms with van der Waals surface area (Å²) in [5.74, 6) is -0.0848. The number of aliphatic hydroxyl groups is 1. The van der Waals surface area contributed by atoms with E-state index in [2.05, 4.69) is 0 Å². The van der Waals surface area contributed by atoms with Crippen LogP contribution in [0, 0.1) is 0 Å². The number of carbonyl (C=O) groups is 1. The summed E-state index contributed by atoms with van der Waals surface area (Å²) in [6.07, 6.45) is 1.22. The molecule has 2 nitrogen and oxygen atoms in total. The first-order valence-corrected chi connectivity index (χ1v) is 4.36. The first-order chi connectivity index (χ1) is 5.33. The van der Waals surface area contributed by atoms with Crippen LogP contribution in [0.5, 0.6) is 0 Å². The SMILES string of the molecule is O=C(CO)CCc1cccs1. The highest BCUT2D eigenvalue weighted by molar-refractivity contribution is 7.09. The smallest absolute Gasteiger partial charge is 0.158 e. The van der Waals surface area contributed by atoms with E-state index in [1.807, 2.05) is 17.5 Å². The fraction of sp³-hybridized carbons (Fsp3) is 0.375. The van der Waals surface area contributed by atoms with Crippen molar-refractivity contribution in [2.75, 3.05) is 6.61 Å². The highest BCUT2D eigenvalue weighted by atomic mass is 32.1. The monoisotopic (exact) mass is 170 g/mol. The molecular weight excluding hydrogens is 160 g/mol. The number of hydrogen-bond acceptors (Lipinski definition) is 3. The Kier molecular flexibility index (Phi) is 3.26. The van der Waals surface area contributed by atoms with Gasteiger partial charge in [0.05, 0.1) is 0 Å². The molecule has 1 aromatic rings. The van der Waals surface area contributed by atoms with Gasteiger partial charge in [-0.2, -0.15) is 0 Å². The van der Waals surface area contributed by atoms with Gasteiger partial charge in [-0.3, -0.25) is 4.79 Å². The molecule has 0 radical (unpaired) electrons. The lowest BCUT2D eigenvalue weighted by Crippen LogP contribution is -2.03. The molecular formula is C8H10O2S. The summed E-state index contributed by atoms with van der Waals surface area (Å²) < 4.78 is 0. The molecule has 1 rings (SSSR count). The first kappa shape index (κ1) is 8.43. The number of Topliss-reactive ketones (excluding diaryl/α,β-unsaturated/α-hetero) is 1. The van der Waals surface area contributed by atoms with Gasteiger partial charge in [0.1, 0.15) is 6.61 Å². The standard InChI is InChI=1S/C8H10O2S/c9-6-7(10)3-4-8-2-1-5-11-8/h1-2,5,9H,3-4,6H2. The number of rotatable bonds is 4. The van der Waals surface area contributed by atoms with Gasteiger partial charge in [-0.1, -0.05) is 6.07 Å². The van der Waals surface area contributed by atoms with Gasteiger partial charge in [-0.05, 0) is 17.9 Å². The Morgan fingerprint density at radius 1 is 1.64 bits per heavy atom. The molecule has 1 N–H and O–H groups in total. The van der Waals surface area contributed by atoms with Crippen molar-refractivity contribution >= 4 is 17.1 Å². The van der Waals surface area contributed by atoms with E-state index in [0.29, 0.717) is 6.42 Å². The lowest BCUT2D eigenvalue weighted by atomic mass is 10.2. The molecule has 0 aliphatic carbocycles. The van der Waals surface area contributed by atoms with Crippen LogP contribution in [0.25, 0.3) is 0 Å². The predicted molar refractivity (Wildman–Crippen MR) is 44.7 cm³/mol. The van der Waals surface area contributed by atoms with E-state index in [9.17, 15) is 4.79 Å². The molecule has 0 spiro atoms. The highest BCUT2D eigenvalue weighted by Gasteiger charge is 2.00. The Bertz CT molecular complexity index is 216. The number of ketones is 1. The van der Waals surface area contributed by atoms with Crippen molar-refractivity contribution in [1.29, 1.82) is 0 Å². The second-order valence-corrected chi connectivity index (χ2v) is 3.31. The maximum absolute atomic E-state index is 10.7. The lowest BCUT2D eigenvalue weighted by molar-refractivity contribution is -0.121. The molecule has 0 amide bonds. The maximum Gasteiger partial charge on any atom is 0.158 e.